The molecule has 7 heteroatoms. The zero-order valence-corrected chi connectivity index (χ0v) is 19.2. The van der Waals surface area contributed by atoms with Gasteiger partial charge in [-0.15, -0.1) is 0 Å². The number of ether oxygens (including phenoxy) is 1. The third kappa shape index (κ3) is 5.30. The normalized spacial score (nSPS) is 14.2. The van der Waals surface area contributed by atoms with Gasteiger partial charge in [0.1, 0.15) is 5.75 Å². The number of allylic oxidation sites excluding steroid dienone is 2. The third-order valence-corrected chi connectivity index (χ3v) is 5.29. The van der Waals surface area contributed by atoms with Crippen molar-refractivity contribution in [3.8, 4) is 5.75 Å². The van der Waals surface area contributed by atoms with Crippen molar-refractivity contribution < 1.29 is 9.53 Å². The van der Waals surface area contributed by atoms with Crippen LogP contribution in [0.15, 0.2) is 36.2 Å². The first kappa shape index (κ1) is 22.5. The van der Waals surface area contributed by atoms with E-state index < -0.39 is 0 Å². The van der Waals surface area contributed by atoms with E-state index in [1.807, 2.05) is 62.5 Å². The zero-order valence-electron chi connectivity index (χ0n) is 19.2. The molecule has 1 aromatic carbocycles. The van der Waals surface area contributed by atoms with Crippen molar-refractivity contribution in [3.63, 3.8) is 0 Å². The van der Waals surface area contributed by atoms with Crippen molar-refractivity contribution in [1.29, 1.82) is 0 Å². The van der Waals surface area contributed by atoms with Crippen LogP contribution in [0.2, 0.25) is 0 Å². The molecule has 31 heavy (non-hydrogen) atoms. The van der Waals surface area contributed by atoms with Crippen molar-refractivity contribution in [2.24, 2.45) is 0 Å². The fourth-order valence-electron chi connectivity index (χ4n) is 3.56. The Kier molecular flexibility index (Phi) is 7.07. The molecule has 0 spiro atoms. The monoisotopic (exact) mass is 421 g/mol. The van der Waals surface area contributed by atoms with Crippen molar-refractivity contribution in [1.82, 2.24) is 20.2 Å². The second-order valence-corrected chi connectivity index (χ2v) is 8.11. The van der Waals surface area contributed by atoms with Crippen LogP contribution in [0.25, 0.3) is 17.2 Å². The number of fused-ring (bicyclic) bond motifs is 1. The Morgan fingerprint density at radius 3 is 2.45 bits per heavy atom. The fraction of sp³-hybridized carbons (Fsp3) is 0.375. The number of hydrogen-bond donors (Lipinski definition) is 1. The van der Waals surface area contributed by atoms with E-state index in [0.717, 1.165) is 45.7 Å². The van der Waals surface area contributed by atoms with Gasteiger partial charge in [-0.1, -0.05) is 6.07 Å². The number of methoxy groups -OCH3 is 1. The highest BCUT2D eigenvalue weighted by atomic mass is 16.5. The average Bonchev–Trinajstić information content (AvgIpc) is 2.99. The minimum absolute atomic E-state index is 0.0184. The van der Waals surface area contributed by atoms with Crippen LogP contribution in [0.4, 0.5) is 5.95 Å². The lowest BCUT2D eigenvalue weighted by Gasteiger charge is -2.12. The molecular formula is C24H31N5O2. The summed E-state index contributed by atoms with van der Waals surface area (Å²) in [5.41, 5.74) is 6.23. The van der Waals surface area contributed by atoms with Crippen LogP contribution in [0, 0.1) is 0 Å². The molecule has 0 saturated carbocycles. The predicted octanol–water partition coefficient (Wildman–Crippen LogP) is 2.95. The van der Waals surface area contributed by atoms with E-state index in [2.05, 4.69) is 34.4 Å². The molecule has 1 amide bonds. The van der Waals surface area contributed by atoms with Crippen molar-refractivity contribution >= 4 is 29.1 Å². The minimum atomic E-state index is 0.0184. The van der Waals surface area contributed by atoms with Gasteiger partial charge in [-0.05, 0) is 67.1 Å². The second-order valence-electron chi connectivity index (χ2n) is 8.11. The highest BCUT2D eigenvalue weighted by Crippen LogP contribution is 2.44. The largest absolute Gasteiger partial charge is 0.497 e. The molecule has 0 fully saturated rings. The maximum atomic E-state index is 12.6. The summed E-state index contributed by atoms with van der Waals surface area (Å²) in [4.78, 5) is 25.4. The van der Waals surface area contributed by atoms with E-state index in [9.17, 15) is 4.79 Å². The number of amides is 1. The molecule has 0 aliphatic heterocycles. The molecule has 1 aliphatic rings. The van der Waals surface area contributed by atoms with Gasteiger partial charge in [0.05, 0.1) is 13.5 Å². The van der Waals surface area contributed by atoms with Crippen LogP contribution >= 0.6 is 0 Å². The van der Waals surface area contributed by atoms with Gasteiger partial charge in [0.25, 0.3) is 0 Å². The van der Waals surface area contributed by atoms with Crippen LogP contribution in [-0.2, 0) is 4.79 Å². The van der Waals surface area contributed by atoms with Crippen LogP contribution in [-0.4, -0.2) is 69.2 Å². The maximum Gasteiger partial charge on any atom is 0.224 e. The van der Waals surface area contributed by atoms with Gasteiger partial charge in [0.15, 0.2) is 0 Å². The van der Waals surface area contributed by atoms with Crippen molar-refractivity contribution in [2.75, 3.05) is 53.3 Å². The van der Waals surface area contributed by atoms with E-state index in [4.69, 9.17) is 4.74 Å². The van der Waals surface area contributed by atoms with Crippen molar-refractivity contribution in [3.05, 3.63) is 52.9 Å². The topological polar surface area (TPSA) is 70.6 Å². The number of hydrogen-bond acceptors (Lipinski definition) is 6. The van der Waals surface area contributed by atoms with Gasteiger partial charge in [-0.3, -0.25) is 4.79 Å². The van der Waals surface area contributed by atoms with E-state index in [1.54, 1.807) is 7.11 Å². The molecule has 0 bridgehead atoms. The number of anilines is 1. The predicted molar refractivity (Wildman–Crippen MR) is 126 cm³/mol. The Morgan fingerprint density at radius 1 is 1.13 bits per heavy atom. The van der Waals surface area contributed by atoms with Gasteiger partial charge in [0.2, 0.25) is 11.9 Å². The molecule has 1 aliphatic carbocycles. The van der Waals surface area contributed by atoms with Crippen LogP contribution < -0.4 is 15.0 Å². The summed E-state index contributed by atoms with van der Waals surface area (Å²) in [6.07, 6.45) is 6.04. The molecule has 1 aromatic heterocycles. The molecule has 0 unspecified atom stereocenters. The Bertz CT molecular complexity index is 1010. The van der Waals surface area contributed by atoms with E-state index in [0.29, 0.717) is 18.9 Å². The number of carbonyl (C=O) groups is 1. The lowest BCUT2D eigenvalue weighted by Crippen LogP contribution is -2.31. The number of nitrogens with one attached hydrogen (secondary N) is 1. The number of rotatable bonds is 8. The Labute approximate surface area is 184 Å². The van der Waals surface area contributed by atoms with Crippen molar-refractivity contribution in [2.45, 2.75) is 13.3 Å². The van der Waals surface area contributed by atoms with E-state index in [1.165, 1.54) is 0 Å². The number of carbonyl (C=O) groups excluding carboxylic acids is 1. The molecule has 7 nitrogen and oxygen atoms in total. The first-order chi connectivity index (χ1) is 14.8. The molecule has 3 rings (SSSR count). The number of nitrogens with zero attached hydrogens (tertiary/aromatic N) is 4. The summed E-state index contributed by atoms with van der Waals surface area (Å²) < 4.78 is 5.44. The Balaban J connectivity index is 1.93. The van der Waals surface area contributed by atoms with Gasteiger partial charge in [-0.25, -0.2) is 9.97 Å². The Morgan fingerprint density at radius 2 is 1.84 bits per heavy atom. The quantitative estimate of drug-likeness (QED) is 0.707. The maximum absolute atomic E-state index is 12.6. The smallest absolute Gasteiger partial charge is 0.224 e. The molecule has 164 valence electrons. The molecule has 1 N–H and O–H groups in total. The molecule has 2 aromatic rings. The highest BCUT2D eigenvalue weighted by Gasteiger charge is 2.26. The summed E-state index contributed by atoms with van der Waals surface area (Å²) in [6, 6.07) is 6.01. The van der Waals surface area contributed by atoms with Crippen LogP contribution in [0.1, 0.15) is 30.0 Å². The van der Waals surface area contributed by atoms with E-state index >= 15 is 0 Å². The fourth-order valence-corrected chi connectivity index (χ4v) is 3.56. The summed E-state index contributed by atoms with van der Waals surface area (Å²) in [5, 5.41) is 3.01. The summed E-state index contributed by atoms with van der Waals surface area (Å²) in [5.74, 6) is 1.46. The lowest BCUT2D eigenvalue weighted by molar-refractivity contribution is -0.120. The SMILES string of the molecule is COc1ccc2c(c1)C(CC(=O)NCCN(C)C)=C(C)C2=Cc1cnc(N(C)C)nc1. The highest BCUT2D eigenvalue weighted by molar-refractivity contribution is 6.08. The van der Waals surface area contributed by atoms with E-state index in [-0.39, 0.29) is 5.91 Å². The van der Waals surface area contributed by atoms with Crippen LogP contribution in [0.3, 0.4) is 0 Å². The lowest BCUT2D eigenvalue weighted by atomic mass is 10.0. The molecular weight excluding hydrogens is 390 g/mol. The first-order valence-electron chi connectivity index (χ1n) is 10.3. The second kappa shape index (κ2) is 9.75. The zero-order chi connectivity index (χ0) is 22.5. The summed E-state index contributed by atoms with van der Waals surface area (Å²) in [7, 11) is 9.46. The third-order valence-electron chi connectivity index (χ3n) is 5.29. The molecule has 0 atom stereocenters. The summed E-state index contributed by atoms with van der Waals surface area (Å²) in [6.45, 7) is 3.50. The molecule has 0 saturated heterocycles. The van der Waals surface area contributed by atoms with Gasteiger partial charge in [0, 0.05) is 45.1 Å². The number of likely N-dealkylation sites (N-methyl/N-ethyl adjacent to an activating group) is 1. The molecule has 0 radical (unpaired) electrons. The summed E-state index contributed by atoms with van der Waals surface area (Å²) >= 11 is 0. The van der Waals surface area contributed by atoms with Gasteiger partial charge < -0.3 is 19.9 Å². The van der Waals surface area contributed by atoms with Gasteiger partial charge in [-0.2, -0.15) is 0 Å². The van der Waals surface area contributed by atoms with Crippen LogP contribution in [0.5, 0.6) is 5.75 Å². The standard InChI is InChI=1S/C24H31N5O2/c1-16-20(11-17-14-26-24(27-15-17)29(4)5)19-8-7-18(31-6)12-22(19)21(16)13-23(30)25-9-10-28(2)3/h7-8,11-12,14-15H,9-10,13H2,1-6H3,(H,25,30). The van der Waals surface area contributed by atoms with Gasteiger partial charge >= 0.3 is 0 Å². The molecule has 1 heterocycles. The number of aromatic nitrogens is 2. The average molecular weight is 422 g/mol. The first-order valence-corrected chi connectivity index (χ1v) is 10.3. The minimum Gasteiger partial charge on any atom is -0.497 e. The Hall–Kier alpha value is -3.19. The number of benzene rings is 1.